The van der Waals surface area contributed by atoms with Crippen LogP contribution in [0.3, 0.4) is 0 Å². The third kappa shape index (κ3) is 4.00. The first-order valence-corrected chi connectivity index (χ1v) is 9.16. The summed E-state index contributed by atoms with van der Waals surface area (Å²) in [6.07, 6.45) is 8.56. The molecule has 2 saturated heterocycles. The summed E-state index contributed by atoms with van der Waals surface area (Å²) < 4.78 is 0. The van der Waals surface area contributed by atoms with Crippen LogP contribution < -0.4 is 5.32 Å². The van der Waals surface area contributed by atoms with Gasteiger partial charge < -0.3 is 10.4 Å². The lowest BCUT2D eigenvalue weighted by atomic mass is 9.94. The second-order valence-corrected chi connectivity index (χ2v) is 6.72. The molecule has 0 aromatic rings. The minimum Gasteiger partial charge on any atom is -0.479 e. The zero-order valence-corrected chi connectivity index (χ0v) is 14.1. The summed E-state index contributed by atoms with van der Waals surface area (Å²) in [6.45, 7) is 7.68. The molecule has 2 heterocycles. The first kappa shape index (κ1) is 17.7. The summed E-state index contributed by atoms with van der Waals surface area (Å²) in [5.74, 6) is -0.632. The molecule has 0 aromatic heterocycles. The first-order valence-electron chi connectivity index (χ1n) is 9.16. The molecule has 0 saturated carbocycles. The molecule has 128 valence electrons. The predicted molar refractivity (Wildman–Crippen MR) is 89.0 cm³/mol. The lowest BCUT2D eigenvalue weighted by Crippen LogP contribution is -2.67. The summed E-state index contributed by atoms with van der Waals surface area (Å²) in [6, 6.07) is 0. The highest BCUT2D eigenvalue weighted by molar-refractivity contribution is 5.78. The highest BCUT2D eigenvalue weighted by Crippen LogP contribution is 2.31. The van der Waals surface area contributed by atoms with Gasteiger partial charge in [-0.1, -0.05) is 26.2 Å². The van der Waals surface area contributed by atoms with Gasteiger partial charge in [-0.3, -0.25) is 9.80 Å². The monoisotopic (exact) mass is 311 g/mol. The largest absolute Gasteiger partial charge is 0.479 e. The van der Waals surface area contributed by atoms with Crippen molar-refractivity contribution in [3.8, 4) is 0 Å². The van der Waals surface area contributed by atoms with Gasteiger partial charge in [-0.25, -0.2) is 4.79 Å². The number of carboxylic acid groups (broad SMARTS) is 1. The fourth-order valence-electron chi connectivity index (χ4n) is 3.99. The van der Waals surface area contributed by atoms with Crippen LogP contribution in [0.1, 0.15) is 58.3 Å². The summed E-state index contributed by atoms with van der Waals surface area (Å²) >= 11 is 0. The number of hydrogen-bond donors (Lipinski definition) is 2. The Morgan fingerprint density at radius 2 is 1.68 bits per heavy atom. The van der Waals surface area contributed by atoms with E-state index in [1.165, 1.54) is 6.42 Å². The number of likely N-dealkylation sites (tertiary alicyclic amines) is 1. The van der Waals surface area contributed by atoms with E-state index < -0.39 is 11.6 Å². The molecular weight excluding hydrogens is 278 g/mol. The zero-order valence-electron chi connectivity index (χ0n) is 14.1. The van der Waals surface area contributed by atoms with E-state index in [0.29, 0.717) is 0 Å². The Hall–Kier alpha value is -0.650. The average Bonchev–Trinajstić information content (AvgIpc) is 2.82. The Labute approximate surface area is 135 Å². The van der Waals surface area contributed by atoms with E-state index >= 15 is 0 Å². The van der Waals surface area contributed by atoms with Crippen molar-refractivity contribution in [2.45, 2.75) is 64.0 Å². The maximum Gasteiger partial charge on any atom is 0.339 e. The first-order chi connectivity index (χ1) is 10.7. The van der Waals surface area contributed by atoms with Crippen LogP contribution in [0.15, 0.2) is 0 Å². The van der Waals surface area contributed by atoms with Crippen molar-refractivity contribution < 1.29 is 9.90 Å². The van der Waals surface area contributed by atoms with Gasteiger partial charge in [0.15, 0.2) is 5.66 Å². The van der Waals surface area contributed by atoms with Crippen molar-refractivity contribution in [1.29, 1.82) is 0 Å². The van der Waals surface area contributed by atoms with Crippen molar-refractivity contribution in [3.05, 3.63) is 0 Å². The molecule has 5 heteroatoms. The molecule has 0 radical (unpaired) electrons. The van der Waals surface area contributed by atoms with E-state index in [-0.39, 0.29) is 0 Å². The van der Waals surface area contributed by atoms with Crippen molar-refractivity contribution >= 4 is 5.97 Å². The minimum atomic E-state index is -0.776. The van der Waals surface area contributed by atoms with Crippen LogP contribution in [-0.2, 0) is 4.79 Å². The minimum absolute atomic E-state index is 0.632. The van der Waals surface area contributed by atoms with Crippen LogP contribution >= 0.6 is 0 Å². The Morgan fingerprint density at radius 1 is 1.00 bits per heavy atom. The summed E-state index contributed by atoms with van der Waals surface area (Å²) in [5.41, 5.74) is -0.776. The second-order valence-electron chi connectivity index (χ2n) is 6.72. The fourth-order valence-corrected chi connectivity index (χ4v) is 3.99. The molecule has 2 rings (SSSR count). The van der Waals surface area contributed by atoms with Crippen LogP contribution in [0.2, 0.25) is 0 Å². The molecule has 1 unspecified atom stereocenters. The Balaban J connectivity index is 2.23. The SMILES string of the molecule is CCCCCC(C(=O)O)(N1CCCCC1)N1CCCNCC1. The van der Waals surface area contributed by atoms with E-state index in [4.69, 9.17) is 0 Å². The lowest BCUT2D eigenvalue weighted by molar-refractivity contribution is -0.171. The number of hydrogen-bond acceptors (Lipinski definition) is 4. The highest BCUT2D eigenvalue weighted by atomic mass is 16.4. The average molecular weight is 311 g/mol. The number of aliphatic carboxylic acids is 1. The smallest absolute Gasteiger partial charge is 0.339 e. The summed E-state index contributed by atoms with van der Waals surface area (Å²) in [7, 11) is 0. The van der Waals surface area contributed by atoms with Gasteiger partial charge in [-0.05, 0) is 38.6 Å². The number of piperidine rings is 1. The molecule has 2 N–H and O–H groups in total. The maximum atomic E-state index is 12.4. The molecule has 2 aliphatic heterocycles. The van der Waals surface area contributed by atoms with Crippen molar-refractivity contribution in [2.75, 3.05) is 39.3 Å². The number of unbranched alkanes of at least 4 members (excludes halogenated alkanes) is 2. The predicted octanol–water partition coefficient (Wildman–Crippen LogP) is 2.13. The second kappa shape index (κ2) is 8.85. The summed E-state index contributed by atoms with van der Waals surface area (Å²) in [5, 5.41) is 13.6. The van der Waals surface area contributed by atoms with Gasteiger partial charge in [0.1, 0.15) is 0 Å². The van der Waals surface area contributed by atoms with Crippen LogP contribution in [0.25, 0.3) is 0 Å². The molecule has 0 amide bonds. The molecule has 22 heavy (non-hydrogen) atoms. The van der Waals surface area contributed by atoms with Gasteiger partial charge >= 0.3 is 5.97 Å². The molecular formula is C17H33N3O2. The van der Waals surface area contributed by atoms with Gasteiger partial charge in [0, 0.05) is 32.7 Å². The Kier molecular flexibility index (Phi) is 7.12. The number of carbonyl (C=O) groups is 1. The van der Waals surface area contributed by atoms with Crippen molar-refractivity contribution in [2.24, 2.45) is 0 Å². The van der Waals surface area contributed by atoms with E-state index in [1.54, 1.807) is 0 Å². The Bertz CT molecular complexity index is 337. The molecule has 2 fully saturated rings. The molecule has 2 aliphatic rings. The van der Waals surface area contributed by atoms with Gasteiger partial charge in [-0.2, -0.15) is 0 Å². The number of carboxylic acids is 1. The van der Waals surface area contributed by atoms with Crippen LogP contribution in [0.5, 0.6) is 0 Å². The van der Waals surface area contributed by atoms with Gasteiger partial charge in [0.25, 0.3) is 0 Å². The molecule has 0 aliphatic carbocycles. The lowest BCUT2D eigenvalue weighted by Gasteiger charge is -2.49. The number of nitrogens with zero attached hydrogens (tertiary/aromatic N) is 2. The third-order valence-corrected chi connectivity index (χ3v) is 5.21. The van der Waals surface area contributed by atoms with E-state index in [0.717, 1.165) is 84.2 Å². The number of nitrogens with one attached hydrogen (secondary N) is 1. The zero-order chi connectivity index (χ0) is 15.8. The molecule has 0 spiro atoms. The third-order valence-electron chi connectivity index (χ3n) is 5.21. The molecule has 1 atom stereocenters. The number of rotatable bonds is 7. The van der Waals surface area contributed by atoms with Gasteiger partial charge in [0.2, 0.25) is 0 Å². The van der Waals surface area contributed by atoms with E-state index in [2.05, 4.69) is 22.0 Å². The quantitative estimate of drug-likeness (QED) is 0.706. The van der Waals surface area contributed by atoms with Gasteiger partial charge in [-0.15, -0.1) is 0 Å². The van der Waals surface area contributed by atoms with Crippen LogP contribution in [-0.4, -0.2) is 65.8 Å². The fraction of sp³-hybridized carbons (Fsp3) is 0.941. The maximum absolute atomic E-state index is 12.4. The van der Waals surface area contributed by atoms with Crippen molar-refractivity contribution in [1.82, 2.24) is 15.1 Å². The van der Waals surface area contributed by atoms with Crippen LogP contribution in [0, 0.1) is 0 Å². The van der Waals surface area contributed by atoms with E-state index in [1.807, 2.05) is 0 Å². The molecule has 0 bridgehead atoms. The normalized spacial score (nSPS) is 24.6. The van der Waals surface area contributed by atoms with Crippen molar-refractivity contribution in [3.63, 3.8) is 0 Å². The highest BCUT2D eigenvalue weighted by Gasteiger charge is 2.48. The van der Waals surface area contributed by atoms with Gasteiger partial charge in [0.05, 0.1) is 0 Å². The molecule has 0 aromatic carbocycles. The Morgan fingerprint density at radius 3 is 2.36 bits per heavy atom. The molecule has 5 nitrogen and oxygen atoms in total. The van der Waals surface area contributed by atoms with Crippen LogP contribution in [0.4, 0.5) is 0 Å². The van der Waals surface area contributed by atoms with E-state index in [9.17, 15) is 9.90 Å². The standard InChI is InChI=1S/C17H33N3O2/c1-2-3-5-9-17(16(21)22,19-12-6-4-7-13-19)20-14-8-10-18-11-15-20/h18H,2-15H2,1H3,(H,21,22). The topological polar surface area (TPSA) is 55.8 Å². The summed E-state index contributed by atoms with van der Waals surface area (Å²) in [4.78, 5) is 17.0.